The Morgan fingerprint density at radius 1 is 0.762 bits per heavy atom. The van der Waals surface area contributed by atoms with Crippen LogP contribution in [0.5, 0.6) is 5.75 Å². The maximum absolute atomic E-state index is 16.0. The Labute approximate surface area is 248 Å². The van der Waals surface area contributed by atoms with Crippen molar-refractivity contribution < 1.29 is 28.6 Å². The van der Waals surface area contributed by atoms with Gasteiger partial charge in [0.2, 0.25) is 0 Å². The summed E-state index contributed by atoms with van der Waals surface area (Å²) in [5.74, 6) is -1.67. The first kappa shape index (κ1) is 32.5. The molecule has 222 valence electrons. The molecule has 0 fully saturated rings. The van der Waals surface area contributed by atoms with Crippen LogP contribution < -0.4 is 4.74 Å². The summed E-state index contributed by atoms with van der Waals surface area (Å²) < 4.78 is 26.7. The second-order valence-electron chi connectivity index (χ2n) is 10.6. The highest BCUT2D eigenvalue weighted by Crippen LogP contribution is 2.37. The SMILES string of the molecule is C=C(C)C(=O)OCCCc1ccc(CCc2ccc(-c3ccc(CCCO)cc3CC)c(OC(=O)C(=C)C)c2F)cc1. The van der Waals surface area contributed by atoms with E-state index in [1.165, 1.54) is 6.92 Å². The number of hydrogen-bond acceptors (Lipinski definition) is 5. The Morgan fingerprint density at radius 2 is 1.36 bits per heavy atom. The smallest absolute Gasteiger partial charge is 0.338 e. The van der Waals surface area contributed by atoms with E-state index in [1.807, 2.05) is 49.4 Å². The van der Waals surface area contributed by atoms with Crippen molar-refractivity contribution in [3.8, 4) is 16.9 Å². The van der Waals surface area contributed by atoms with E-state index in [0.717, 1.165) is 47.1 Å². The quantitative estimate of drug-likeness (QED) is 0.0896. The van der Waals surface area contributed by atoms with Crippen molar-refractivity contribution in [1.82, 2.24) is 0 Å². The molecule has 1 N–H and O–H groups in total. The maximum atomic E-state index is 16.0. The fourth-order valence-corrected chi connectivity index (χ4v) is 4.64. The fraction of sp³-hybridized carbons (Fsp3) is 0.333. The van der Waals surface area contributed by atoms with E-state index in [9.17, 15) is 14.7 Å². The molecule has 0 aromatic heterocycles. The average Bonchev–Trinajstić information content (AvgIpc) is 2.98. The lowest BCUT2D eigenvalue weighted by Gasteiger charge is -2.17. The molecule has 0 saturated heterocycles. The van der Waals surface area contributed by atoms with Gasteiger partial charge in [-0.2, -0.15) is 0 Å². The normalized spacial score (nSPS) is 10.8. The predicted octanol–water partition coefficient (Wildman–Crippen LogP) is 7.30. The summed E-state index contributed by atoms with van der Waals surface area (Å²) in [6.45, 7) is 12.9. The summed E-state index contributed by atoms with van der Waals surface area (Å²) in [5, 5.41) is 9.19. The summed E-state index contributed by atoms with van der Waals surface area (Å²) in [5.41, 5.74) is 6.67. The minimum atomic E-state index is -0.671. The van der Waals surface area contributed by atoms with E-state index in [-0.39, 0.29) is 23.9 Å². The third-order valence-corrected chi connectivity index (χ3v) is 7.08. The average molecular weight is 573 g/mol. The molecular formula is C36H41FO5. The summed E-state index contributed by atoms with van der Waals surface area (Å²) in [7, 11) is 0. The lowest BCUT2D eigenvalue weighted by atomic mass is 9.92. The van der Waals surface area contributed by atoms with Crippen molar-refractivity contribution in [2.45, 2.75) is 65.7 Å². The van der Waals surface area contributed by atoms with Gasteiger partial charge in [0.05, 0.1) is 6.61 Å². The number of carbonyl (C=O) groups is 2. The molecule has 5 nitrogen and oxygen atoms in total. The predicted molar refractivity (Wildman–Crippen MR) is 165 cm³/mol. The van der Waals surface area contributed by atoms with Crippen molar-refractivity contribution in [1.29, 1.82) is 0 Å². The van der Waals surface area contributed by atoms with Gasteiger partial charge in [-0.15, -0.1) is 0 Å². The van der Waals surface area contributed by atoms with Crippen LogP contribution in [-0.2, 0) is 46.4 Å². The van der Waals surface area contributed by atoms with E-state index in [2.05, 4.69) is 19.2 Å². The van der Waals surface area contributed by atoms with Gasteiger partial charge < -0.3 is 14.6 Å². The molecule has 3 aromatic carbocycles. The first-order chi connectivity index (χ1) is 20.1. The Hall–Kier alpha value is -4.03. The largest absolute Gasteiger partial charge is 0.462 e. The third-order valence-electron chi connectivity index (χ3n) is 7.08. The highest BCUT2D eigenvalue weighted by Gasteiger charge is 2.21. The van der Waals surface area contributed by atoms with Crippen LogP contribution in [0, 0.1) is 5.82 Å². The van der Waals surface area contributed by atoms with Crippen molar-refractivity contribution >= 4 is 11.9 Å². The summed E-state index contributed by atoms with van der Waals surface area (Å²) in [4.78, 5) is 24.0. The second kappa shape index (κ2) is 15.8. The van der Waals surface area contributed by atoms with Gasteiger partial charge in [0, 0.05) is 23.3 Å². The summed E-state index contributed by atoms with van der Waals surface area (Å²) >= 11 is 0. The maximum Gasteiger partial charge on any atom is 0.338 e. The van der Waals surface area contributed by atoms with Crippen LogP contribution in [0.15, 0.2) is 78.9 Å². The summed E-state index contributed by atoms with van der Waals surface area (Å²) in [6.07, 6.45) is 4.67. The molecule has 0 atom stereocenters. The van der Waals surface area contributed by atoms with Crippen LogP contribution in [0.4, 0.5) is 4.39 Å². The van der Waals surface area contributed by atoms with Gasteiger partial charge in [-0.05, 0) is 92.2 Å². The molecule has 0 spiro atoms. The minimum absolute atomic E-state index is 0.0824. The second-order valence-corrected chi connectivity index (χ2v) is 10.6. The molecule has 0 heterocycles. The number of aliphatic hydroxyl groups excluding tert-OH is 1. The Bertz CT molecular complexity index is 1420. The number of carbonyl (C=O) groups excluding carboxylic acids is 2. The number of aryl methyl sites for hydroxylation is 5. The number of esters is 2. The number of halogens is 1. The molecule has 0 unspecified atom stereocenters. The van der Waals surface area contributed by atoms with Crippen LogP contribution in [0.3, 0.4) is 0 Å². The molecule has 42 heavy (non-hydrogen) atoms. The van der Waals surface area contributed by atoms with Crippen LogP contribution in [-0.4, -0.2) is 30.3 Å². The lowest BCUT2D eigenvalue weighted by Crippen LogP contribution is -2.12. The molecule has 0 saturated carbocycles. The van der Waals surface area contributed by atoms with Crippen LogP contribution in [0.1, 0.15) is 61.4 Å². The molecule has 0 bridgehead atoms. The molecule has 0 aliphatic heterocycles. The molecule has 0 aliphatic carbocycles. The molecule has 3 rings (SSSR count). The van der Waals surface area contributed by atoms with Crippen LogP contribution in [0.2, 0.25) is 0 Å². The first-order valence-electron chi connectivity index (χ1n) is 14.5. The summed E-state index contributed by atoms with van der Waals surface area (Å²) in [6, 6.07) is 17.7. The monoisotopic (exact) mass is 572 g/mol. The van der Waals surface area contributed by atoms with Crippen molar-refractivity contribution in [3.63, 3.8) is 0 Å². The zero-order chi connectivity index (χ0) is 30.6. The number of rotatable bonds is 15. The van der Waals surface area contributed by atoms with Gasteiger partial charge in [0.1, 0.15) is 0 Å². The lowest BCUT2D eigenvalue weighted by molar-refractivity contribution is -0.139. The van der Waals surface area contributed by atoms with Gasteiger partial charge in [-0.1, -0.05) is 74.7 Å². The standard InChI is InChI=1S/C36H41FO5/c1-6-29-23-28(9-7-21-38)16-19-31(29)32-20-18-30(33(37)34(32)42-36(40)25(4)5)17-15-27-13-11-26(12-14-27)10-8-22-41-35(39)24(2)3/h11-14,16,18-20,23,38H,2,4,6-10,15,17,21-22H2,1,3,5H3. The first-order valence-corrected chi connectivity index (χ1v) is 14.5. The number of benzene rings is 3. The van der Waals surface area contributed by atoms with E-state index >= 15 is 4.39 Å². The number of aliphatic hydroxyl groups is 1. The van der Waals surface area contributed by atoms with Gasteiger partial charge in [0.15, 0.2) is 11.6 Å². The van der Waals surface area contributed by atoms with Gasteiger partial charge in [-0.3, -0.25) is 0 Å². The molecule has 0 amide bonds. The van der Waals surface area contributed by atoms with E-state index < -0.39 is 11.8 Å². The number of hydrogen-bond donors (Lipinski definition) is 1. The third kappa shape index (κ3) is 8.98. The minimum Gasteiger partial charge on any atom is -0.462 e. The van der Waals surface area contributed by atoms with Crippen molar-refractivity contribution in [3.05, 3.63) is 113 Å². The van der Waals surface area contributed by atoms with Gasteiger partial charge >= 0.3 is 11.9 Å². The fourth-order valence-electron chi connectivity index (χ4n) is 4.64. The number of ether oxygens (including phenoxy) is 2. The molecule has 0 aliphatic rings. The highest BCUT2D eigenvalue weighted by molar-refractivity contribution is 5.90. The van der Waals surface area contributed by atoms with Crippen LogP contribution >= 0.6 is 0 Å². The Morgan fingerprint density at radius 3 is 1.98 bits per heavy atom. The molecule has 0 radical (unpaired) electrons. The molecular weight excluding hydrogens is 531 g/mol. The Kier molecular flexibility index (Phi) is 12.2. The van der Waals surface area contributed by atoms with Crippen LogP contribution in [0.25, 0.3) is 11.1 Å². The molecule has 3 aromatic rings. The Balaban J connectivity index is 1.78. The van der Waals surface area contributed by atoms with E-state index in [1.54, 1.807) is 13.0 Å². The zero-order valence-corrected chi connectivity index (χ0v) is 24.9. The zero-order valence-electron chi connectivity index (χ0n) is 24.9. The van der Waals surface area contributed by atoms with Gasteiger partial charge in [-0.25, -0.2) is 14.0 Å². The van der Waals surface area contributed by atoms with E-state index in [4.69, 9.17) is 9.47 Å². The van der Waals surface area contributed by atoms with Crippen molar-refractivity contribution in [2.24, 2.45) is 0 Å². The van der Waals surface area contributed by atoms with Crippen molar-refractivity contribution in [2.75, 3.05) is 13.2 Å². The highest BCUT2D eigenvalue weighted by atomic mass is 19.1. The topological polar surface area (TPSA) is 72.8 Å². The van der Waals surface area contributed by atoms with E-state index in [0.29, 0.717) is 49.0 Å². The molecule has 6 heteroatoms. The van der Waals surface area contributed by atoms with Gasteiger partial charge in [0.25, 0.3) is 0 Å².